The van der Waals surface area contributed by atoms with Crippen LogP contribution in [0, 0.1) is 11.3 Å². The predicted molar refractivity (Wildman–Crippen MR) is 117 cm³/mol. The van der Waals surface area contributed by atoms with Crippen LogP contribution in [-0.2, 0) is 6.54 Å². The molecule has 0 saturated carbocycles. The number of hydrogen-bond acceptors (Lipinski definition) is 5. The third-order valence-electron chi connectivity index (χ3n) is 5.63. The van der Waals surface area contributed by atoms with Crippen LogP contribution in [0.4, 0.5) is 11.5 Å². The molecule has 1 unspecified atom stereocenters. The van der Waals surface area contributed by atoms with E-state index >= 15 is 0 Å². The van der Waals surface area contributed by atoms with E-state index in [0.29, 0.717) is 11.7 Å². The molecule has 1 aromatic carbocycles. The quantitative estimate of drug-likeness (QED) is 0.503. The zero-order chi connectivity index (χ0) is 20.3. The van der Waals surface area contributed by atoms with Gasteiger partial charge in [-0.1, -0.05) is 12.1 Å². The average Bonchev–Trinajstić information content (AvgIpc) is 3.43. The van der Waals surface area contributed by atoms with E-state index in [4.69, 9.17) is 10.2 Å². The van der Waals surface area contributed by atoms with Crippen LogP contribution >= 0.6 is 0 Å². The molecule has 5 rings (SSSR count). The Morgan fingerprint density at radius 1 is 1.17 bits per heavy atom. The second kappa shape index (κ2) is 7.97. The Hall–Kier alpha value is -3.69. The Morgan fingerprint density at radius 2 is 2.13 bits per heavy atom. The molecule has 0 bridgehead atoms. The first-order valence-electron chi connectivity index (χ1n) is 10.2. The Bertz CT molecular complexity index is 1200. The molecule has 0 amide bonds. The lowest BCUT2D eigenvalue weighted by atomic mass is 10.1. The van der Waals surface area contributed by atoms with Gasteiger partial charge in [0.2, 0.25) is 0 Å². The molecule has 1 saturated heterocycles. The maximum Gasteiger partial charge on any atom is 0.140 e. The van der Waals surface area contributed by atoms with Gasteiger partial charge in [0, 0.05) is 18.3 Å². The lowest BCUT2D eigenvalue weighted by molar-refractivity contribution is 0.244. The first-order chi connectivity index (χ1) is 14.8. The van der Waals surface area contributed by atoms with Crippen LogP contribution < -0.4 is 5.32 Å². The van der Waals surface area contributed by atoms with Crippen LogP contribution in [0.1, 0.15) is 35.8 Å². The lowest BCUT2D eigenvalue weighted by Gasteiger charge is -2.24. The number of rotatable bonds is 5. The molecule has 1 aliphatic heterocycles. The highest BCUT2D eigenvalue weighted by Gasteiger charge is 2.27. The van der Waals surface area contributed by atoms with Crippen molar-refractivity contribution in [1.29, 1.82) is 5.26 Å². The third kappa shape index (κ3) is 3.76. The fourth-order valence-corrected chi connectivity index (χ4v) is 4.17. The predicted octanol–water partition coefficient (Wildman–Crippen LogP) is 4.91. The molecule has 6 heteroatoms. The number of fused-ring (bicyclic) bond motifs is 1. The molecule has 0 radical (unpaired) electrons. The summed E-state index contributed by atoms with van der Waals surface area (Å²) in [6.07, 6.45) is 5.93. The van der Waals surface area contributed by atoms with Crippen molar-refractivity contribution >= 4 is 22.4 Å². The number of H-pyrrole nitrogens is 1. The van der Waals surface area contributed by atoms with E-state index in [1.54, 1.807) is 12.3 Å². The Morgan fingerprint density at radius 3 is 3.00 bits per heavy atom. The van der Waals surface area contributed by atoms with Gasteiger partial charge in [0.1, 0.15) is 17.6 Å². The zero-order valence-corrected chi connectivity index (χ0v) is 16.5. The van der Waals surface area contributed by atoms with Crippen molar-refractivity contribution in [2.24, 2.45) is 0 Å². The Kier molecular flexibility index (Phi) is 4.88. The van der Waals surface area contributed by atoms with Crippen molar-refractivity contribution in [3.05, 3.63) is 83.9 Å². The van der Waals surface area contributed by atoms with Crippen LogP contribution in [0.25, 0.3) is 10.9 Å². The van der Waals surface area contributed by atoms with Crippen molar-refractivity contribution in [2.45, 2.75) is 25.4 Å². The topological polar surface area (TPSA) is 80.6 Å². The minimum atomic E-state index is 0.313. The molecule has 4 heterocycles. The number of nitrogens with one attached hydrogen (secondary N) is 2. The zero-order valence-electron chi connectivity index (χ0n) is 16.5. The maximum absolute atomic E-state index is 8.90. The summed E-state index contributed by atoms with van der Waals surface area (Å²) in [4.78, 5) is 14.8. The maximum atomic E-state index is 8.90. The van der Waals surface area contributed by atoms with Crippen LogP contribution in [0.15, 0.2) is 67.0 Å². The summed E-state index contributed by atoms with van der Waals surface area (Å²) in [7, 11) is 0. The molecule has 30 heavy (non-hydrogen) atoms. The average molecular weight is 394 g/mol. The first kappa shape index (κ1) is 18.3. The Labute approximate surface area is 175 Å². The van der Waals surface area contributed by atoms with Crippen molar-refractivity contribution in [3.8, 4) is 6.07 Å². The summed E-state index contributed by atoms with van der Waals surface area (Å²) in [5, 5.41) is 13.4. The molecular weight excluding hydrogens is 372 g/mol. The monoisotopic (exact) mass is 394 g/mol. The van der Waals surface area contributed by atoms with E-state index < -0.39 is 0 Å². The summed E-state index contributed by atoms with van der Waals surface area (Å²) in [6, 6.07) is 20.8. The van der Waals surface area contributed by atoms with Crippen molar-refractivity contribution < 1.29 is 0 Å². The lowest BCUT2D eigenvalue weighted by Crippen LogP contribution is -2.23. The summed E-state index contributed by atoms with van der Waals surface area (Å²) in [5.41, 5.74) is 4.81. The summed E-state index contributed by atoms with van der Waals surface area (Å²) in [6.45, 7) is 2.00. The molecule has 2 N–H and O–H groups in total. The molecule has 1 fully saturated rings. The number of anilines is 2. The Balaban J connectivity index is 1.33. The fraction of sp³-hybridized carbons (Fsp3) is 0.208. The molecule has 1 aliphatic rings. The number of likely N-dealkylation sites (tertiary alicyclic amines) is 1. The standard InChI is InChI=1S/C24H22N6/c25-14-19-7-8-20(15-27-19)28-24-5-1-3-22(29-24)23-4-2-12-30(23)16-17-6-9-21-18(13-17)10-11-26-21/h1,3,5-11,13,15,23,26H,2,4,12,16H2,(H,28,29). The SMILES string of the molecule is N#Cc1ccc(Nc2cccc(C3CCCN3Cc3ccc4[nH]ccc4c3)n2)cn1. The van der Waals surface area contributed by atoms with Gasteiger partial charge in [-0.3, -0.25) is 4.90 Å². The minimum Gasteiger partial charge on any atom is -0.361 e. The minimum absolute atomic E-state index is 0.313. The van der Waals surface area contributed by atoms with Gasteiger partial charge in [-0.05, 0) is 72.8 Å². The first-order valence-corrected chi connectivity index (χ1v) is 10.2. The molecule has 0 aliphatic carbocycles. The van der Waals surface area contributed by atoms with Gasteiger partial charge in [0.15, 0.2) is 0 Å². The summed E-state index contributed by atoms with van der Waals surface area (Å²) < 4.78 is 0. The molecule has 148 valence electrons. The second-order valence-corrected chi connectivity index (χ2v) is 7.64. The fourth-order valence-electron chi connectivity index (χ4n) is 4.17. The van der Waals surface area contributed by atoms with E-state index in [1.165, 1.54) is 22.9 Å². The molecule has 6 nitrogen and oxygen atoms in total. The number of pyridine rings is 2. The normalized spacial score (nSPS) is 16.6. The highest BCUT2D eigenvalue weighted by molar-refractivity contribution is 5.79. The number of nitrogens with zero attached hydrogens (tertiary/aromatic N) is 4. The highest BCUT2D eigenvalue weighted by atomic mass is 15.2. The molecule has 4 aromatic rings. The number of nitriles is 1. The van der Waals surface area contributed by atoms with Crippen molar-refractivity contribution in [2.75, 3.05) is 11.9 Å². The largest absolute Gasteiger partial charge is 0.361 e. The molecule has 0 spiro atoms. The summed E-state index contributed by atoms with van der Waals surface area (Å²) >= 11 is 0. The smallest absolute Gasteiger partial charge is 0.140 e. The van der Waals surface area contributed by atoms with Gasteiger partial charge < -0.3 is 10.3 Å². The molecule has 3 aromatic heterocycles. The van der Waals surface area contributed by atoms with E-state index in [1.807, 2.05) is 30.5 Å². The van der Waals surface area contributed by atoms with Gasteiger partial charge in [0.25, 0.3) is 0 Å². The molecular formula is C24H22N6. The highest BCUT2D eigenvalue weighted by Crippen LogP contribution is 2.33. The number of hydrogen-bond donors (Lipinski definition) is 2. The molecule has 1 atom stereocenters. The van der Waals surface area contributed by atoms with Gasteiger partial charge in [-0.15, -0.1) is 0 Å². The van der Waals surface area contributed by atoms with E-state index in [9.17, 15) is 0 Å². The van der Waals surface area contributed by atoms with E-state index in [-0.39, 0.29) is 0 Å². The van der Waals surface area contributed by atoms with E-state index in [0.717, 1.165) is 36.7 Å². The summed E-state index contributed by atoms with van der Waals surface area (Å²) in [5.74, 6) is 0.791. The van der Waals surface area contributed by atoms with Gasteiger partial charge in [-0.2, -0.15) is 5.26 Å². The second-order valence-electron chi connectivity index (χ2n) is 7.64. The third-order valence-corrected chi connectivity index (χ3v) is 5.63. The number of aromatic amines is 1. The van der Waals surface area contributed by atoms with Crippen molar-refractivity contribution in [3.63, 3.8) is 0 Å². The van der Waals surface area contributed by atoms with Crippen LogP contribution in [0.3, 0.4) is 0 Å². The van der Waals surface area contributed by atoms with Gasteiger partial charge in [-0.25, -0.2) is 9.97 Å². The van der Waals surface area contributed by atoms with Crippen LogP contribution in [-0.4, -0.2) is 26.4 Å². The number of aromatic nitrogens is 3. The van der Waals surface area contributed by atoms with Gasteiger partial charge in [0.05, 0.1) is 23.6 Å². The number of benzene rings is 1. The van der Waals surface area contributed by atoms with Crippen molar-refractivity contribution in [1.82, 2.24) is 19.9 Å². The van der Waals surface area contributed by atoms with Crippen LogP contribution in [0.5, 0.6) is 0 Å². The van der Waals surface area contributed by atoms with E-state index in [2.05, 4.69) is 50.5 Å². The van der Waals surface area contributed by atoms with Gasteiger partial charge >= 0.3 is 0 Å². The van der Waals surface area contributed by atoms with Crippen LogP contribution in [0.2, 0.25) is 0 Å².